The molecule has 1 aliphatic heterocycles. The second kappa shape index (κ2) is 5.87. The molecule has 106 valence electrons. The molecule has 2 atom stereocenters. The minimum absolute atomic E-state index is 0.279. The molecule has 3 N–H and O–H groups in total. The molecule has 0 spiro atoms. The Morgan fingerprint density at radius 1 is 1.17 bits per heavy atom. The number of hydrogen-bond acceptors (Lipinski definition) is 4. The van der Waals surface area contributed by atoms with Crippen molar-refractivity contribution < 1.29 is 5.11 Å². The van der Waals surface area contributed by atoms with Crippen LogP contribution in [0.5, 0.6) is 0 Å². The van der Waals surface area contributed by atoms with Crippen LogP contribution in [0, 0.1) is 11.3 Å². The number of aliphatic hydroxyl groups excluding tert-OH is 1. The van der Waals surface area contributed by atoms with Crippen LogP contribution in [0.2, 0.25) is 0 Å². The van der Waals surface area contributed by atoms with Crippen molar-refractivity contribution in [3.63, 3.8) is 0 Å². The van der Waals surface area contributed by atoms with Gasteiger partial charge in [0.1, 0.15) is 0 Å². The van der Waals surface area contributed by atoms with Gasteiger partial charge in [0.25, 0.3) is 0 Å². The summed E-state index contributed by atoms with van der Waals surface area (Å²) in [5.41, 5.74) is 6.70. The summed E-state index contributed by atoms with van der Waals surface area (Å²) in [5.74, 6) is 0.671. The molecule has 1 saturated carbocycles. The lowest BCUT2D eigenvalue weighted by Gasteiger charge is -2.37. The van der Waals surface area contributed by atoms with Gasteiger partial charge in [0.2, 0.25) is 0 Å². The van der Waals surface area contributed by atoms with E-state index in [1.165, 1.54) is 12.8 Å². The lowest BCUT2D eigenvalue weighted by molar-refractivity contribution is 0.0976. The molecule has 1 aliphatic carbocycles. The molecule has 1 saturated heterocycles. The fourth-order valence-corrected chi connectivity index (χ4v) is 3.42. The van der Waals surface area contributed by atoms with Gasteiger partial charge >= 0.3 is 0 Å². The molecule has 0 aromatic carbocycles. The smallest absolute Gasteiger partial charge is 0.0558 e. The minimum Gasteiger partial charge on any atom is -0.395 e. The Bertz CT molecular complexity index is 262. The van der Waals surface area contributed by atoms with E-state index in [2.05, 4.69) is 23.6 Å². The van der Waals surface area contributed by atoms with Crippen molar-refractivity contribution in [1.82, 2.24) is 9.80 Å². The summed E-state index contributed by atoms with van der Waals surface area (Å²) in [7, 11) is 0. The van der Waals surface area contributed by atoms with Gasteiger partial charge in [-0.25, -0.2) is 0 Å². The summed E-state index contributed by atoms with van der Waals surface area (Å²) in [6.07, 6.45) is 2.55. The van der Waals surface area contributed by atoms with Gasteiger partial charge in [0.05, 0.1) is 6.61 Å². The maximum Gasteiger partial charge on any atom is 0.0558 e. The third kappa shape index (κ3) is 3.23. The first-order chi connectivity index (χ1) is 8.53. The predicted octanol–water partition coefficient (Wildman–Crippen LogP) is 0.360. The van der Waals surface area contributed by atoms with Crippen LogP contribution in [0.15, 0.2) is 0 Å². The van der Waals surface area contributed by atoms with Gasteiger partial charge in [-0.15, -0.1) is 0 Å². The standard InChI is InChI=1S/C14H29N3O/c1-14(2)4-3-12(13(14)15)11-17-7-5-16(6-8-17)9-10-18/h12-13,18H,3-11,15H2,1-2H3. The molecule has 0 aromatic rings. The SMILES string of the molecule is CC1(C)CCC(CN2CCN(CCO)CC2)C1N. The van der Waals surface area contributed by atoms with E-state index in [0.29, 0.717) is 17.4 Å². The molecule has 2 rings (SSSR count). The molecule has 0 amide bonds. The summed E-state index contributed by atoms with van der Waals surface area (Å²) >= 11 is 0. The second-order valence-electron chi connectivity index (χ2n) is 6.68. The number of nitrogens with two attached hydrogens (primary N) is 1. The molecule has 1 heterocycles. The maximum absolute atomic E-state index is 8.93. The van der Waals surface area contributed by atoms with Crippen LogP contribution in [0.25, 0.3) is 0 Å². The molecule has 0 aromatic heterocycles. The Kier molecular flexibility index (Phi) is 4.64. The largest absolute Gasteiger partial charge is 0.395 e. The van der Waals surface area contributed by atoms with Crippen LogP contribution in [-0.4, -0.2) is 66.8 Å². The number of nitrogens with zero attached hydrogens (tertiary/aromatic N) is 2. The fraction of sp³-hybridized carbons (Fsp3) is 1.00. The van der Waals surface area contributed by atoms with E-state index in [1.807, 2.05) is 0 Å². The third-order valence-electron chi connectivity index (χ3n) is 4.94. The first-order valence-corrected chi connectivity index (χ1v) is 7.34. The van der Waals surface area contributed by atoms with Gasteiger partial charge in [-0.05, 0) is 24.2 Å². The second-order valence-corrected chi connectivity index (χ2v) is 6.68. The zero-order chi connectivity index (χ0) is 13.2. The molecular weight excluding hydrogens is 226 g/mol. The van der Waals surface area contributed by atoms with E-state index in [9.17, 15) is 0 Å². The van der Waals surface area contributed by atoms with Crippen molar-refractivity contribution in [2.75, 3.05) is 45.9 Å². The number of rotatable bonds is 4. The Morgan fingerprint density at radius 2 is 1.78 bits per heavy atom. The van der Waals surface area contributed by atoms with Crippen LogP contribution >= 0.6 is 0 Å². The zero-order valence-electron chi connectivity index (χ0n) is 11.9. The Labute approximate surface area is 111 Å². The van der Waals surface area contributed by atoms with Crippen LogP contribution in [0.1, 0.15) is 26.7 Å². The molecule has 0 radical (unpaired) electrons. The highest BCUT2D eigenvalue weighted by atomic mass is 16.3. The topological polar surface area (TPSA) is 52.7 Å². The highest BCUT2D eigenvalue weighted by Crippen LogP contribution is 2.40. The molecular formula is C14H29N3O. The van der Waals surface area contributed by atoms with E-state index in [-0.39, 0.29) is 6.61 Å². The Morgan fingerprint density at radius 3 is 2.28 bits per heavy atom. The van der Waals surface area contributed by atoms with Crippen molar-refractivity contribution in [3.05, 3.63) is 0 Å². The first kappa shape index (κ1) is 14.3. The normalized spacial score (nSPS) is 34.0. The monoisotopic (exact) mass is 255 g/mol. The van der Waals surface area contributed by atoms with Gasteiger partial charge in [-0.1, -0.05) is 13.8 Å². The fourth-order valence-electron chi connectivity index (χ4n) is 3.42. The Hall–Kier alpha value is -0.160. The summed E-state index contributed by atoms with van der Waals surface area (Å²) in [5, 5.41) is 8.93. The van der Waals surface area contributed by atoms with Crippen molar-refractivity contribution in [3.8, 4) is 0 Å². The van der Waals surface area contributed by atoms with Crippen molar-refractivity contribution in [2.45, 2.75) is 32.7 Å². The zero-order valence-corrected chi connectivity index (χ0v) is 11.9. The highest BCUT2D eigenvalue weighted by Gasteiger charge is 2.40. The van der Waals surface area contributed by atoms with Crippen LogP contribution in [0.3, 0.4) is 0 Å². The van der Waals surface area contributed by atoms with Crippen molar-refractivity contribution in [1.29, 1.82) is 0 Å². The maximum atomic E-state index is 8.93. The summed E-state index contributed by atoms with van der Waals surface area (Å²) in [6.45, 7) is 11.3. The molecule has 0 bridgehead atoms. The molecule has 4 heteroatoms. The van der Waals surface area contributed by atoms with Gasteiger partial charge in [-0.2, -0.15) is 0 Å². The van der Waals surface area contributed by atoms with Crippen molar-refractivity contribution in [2.24, 2.45) is 17.1 Å². The quantitative estimate of drug-likeness (QED) is 0.761. The van der Waals surface area contributed by atoms with E-state index < -0.39 is 0 Å². The number of β-amino-alcohol motifs (C(OH)–C–C–N with tert-alkyl or cyclic N) is 1. The molecule has 2 unspecified atom stereocenters. The summed E-state index contributed by atoms with van der Waals surface area (Å²) < 4.78 is 0. The number of aliphatic hydroxyl groups is 1. The van der Waals surface area contributed by atoms with E-state index in [0.717, 1.165) is 39.3 Å². The van der Waals surface area contributed by atoms with Gasteiger partial charge < -0.3 is 15.7 Å². The summed E-state index contributed by atoms with van der Waals surface area (Å²) in [6, 6.07) is 0.355. The summed E-state index contributed by atoms with van der Waals surface area (Å²) in [4.78, 5) is 4.90. The number of hydrogen-bond donors (Lipinski definition) is 2. The van der Waals surface area contributed by atoms with Crippen LogP contribution in [-0.2, 0) is 0 Å². The predicted molar refractivity (Wildman–Crippen MR) is 74.4 cm³/mol. The first-order valence-electron chi connectivity index (χ1n) is 7.34. The van der Waals surface area contributed by atoms with E-state index >= 15 is 0 Å². The average molecular weight is 255 g/mol. The average Bonchev–Trinajstić information content (AvgIpc) is 2.59. The van der Waals surface area contributed by atoms with Gasteiger partial charge in [0, 0.05) is 45.3 Å². The van der Waals surface area contributed by atoms with Gasteiger partial charge in [0.15, 0.2) is 0 Å². The van der Waals surface area contributed by atoms with Crippen molar-refractivity contribution >= 4 is 0 Å². The highest BCUT2D eigenvalue weighted by molar-refractivity contribution is 4.95. The Balaban J connectivity index is 1.75. The third-order valence-corrected chi connectivity index (χ3v) is 4.94. The van der Waals surface area contributed by atoms with Crippen LogP contribution in [0.4, 0.5) is 0 Å². The molecule has 2 fully saturated rings. The lowest BCUT2D eigenvalue weighted by Crippen LogP contribution is -2.50. The molecule has 18 heavy (non-hydrogen) atoms. The van der Waals surface area contributed by atoms with E-state index in [1.54, 1.807) is 0 Å². The molecule has 2 aliphatic rings. The number of piperazine rings is 1. The lowest BCUT2D eigenvalue weighted by atomic mass is 9.85. The van der Waals surface area contributed by atoms with Gasteiger partial charge in [-0.3, -0.25) is 4.90 Å². The molecule has 4 nitrogen and oxygen atoms in total. The van der Waals surface area contributed by atoms with Crippen LogP contribution < -0.4 is 5.73 Å². The minimum atomic E-state index is 0.279. The van der Waals surface area contributed by atoms with E-state index in [4.69, 9.17) is 10.8 Å².